The van der Waals surface area contributed by atoms with Crippen LogP contribution in [0.25, 0.3) is 10.9 Å². The second-order valence-corrected chi connectivity index (χ2v) is 12.2. The number of rotatable bonds is 7. The van der Waals surface area contributed by atoms with Gasteiger partial charge in [-0.3, -0.25) is 9.47 Å². The van der Waals surface area contributed by atoms with E-state index < -0.39 is 11.7 Å². The van der Waals surface area contributed by atoms with Crippen molar-refractivity contribution in [1.82, 2.24) is 14.5 Å². The van der Waals surface area contributed by atoms with Crippen molar-refractivity contribution in [3.05, 3.63) is 88.7 Å². The molecule has 2 aromatic heterocycles. The molecule has 3 heterocycles. The third kappa shape index (κ3) is 6.43. The largest absolute Gasteiger partial charge is 0.496 e. The molecule has 0 amide bonds. The number of likely N-dealkylation sites (tertiary alicyclic amines) is 1. The smallest absolute Gasteiger partial charge is 0.419 e. The highest BCUT2D eigenvalue weighted by Gasteiger charge is 2.33. The minimum absolute atomic E-state index is 0.0300. The topological polar surface area (TPSA) is 92.1 Å². The summed E-state index contributed by atoms with van der Waals surface area (Å²) in [6.07, 6.45) is 3.10. The first kappa shape index (κ1) is 31.1. The van der Waals surface area contributed by atoms with Crippen LogP contribution in [-0.4, -0.2) is 60.0 Å². The summed E-state index contributed by atoms with van der Waals surface area (Å²) in [6, 6.07) is 17.5. The van der Waals surface area contributed by atoms with Gasteiger partial charge < -0.3 is 18.9 Å². The highest BCUT2D eigenvalue weighted by Crippen LogP contribution is 2.42. The number of piperidine rings is 1. The van der Waals surface area contributed by atoms with Crippen molar-refractivity contribution in [2.24, 2.45) is 0 Å². The number of hydrogen-bond donors (Lipinski definition) is 0. The minimum Gasteiger partial charge on any atom is -0.496 e. The first-order valence-electron chi connectivity index (χ1n) is 14.9. The summed E-state index contributed by atoms with van der Waals surface area (Å²) in [5.74, 6) is 1.23. The molecule has 0 radical (unpaired) electrons. The highest BCUT2D eigenvalue weighted by atomic mass is 16.6. The van der Waals surface area contributed by atoms with Crippen molar-refractivity contribution in [3.63, 3.8) is 0 Å². The van der Waals surface area contributed by atoms with Gasteiger partial charge in [-0.2, -0.15) is 0 Å². The summed E-state index contributed by atoms with van der Waals surface area (Å²) in [4.78, 5) is 32.5. The number of pyridine rings is 1. The van der Waals surface area contributed by atoms with Crippen molar-refractivity contribution >= 4 is 23.0 Å². The van der Waals surface area contributed by atoms with E-state index in [4.69, 9.17) is 23.9 Å². The summed E-state index contributed by atoms with van der Waals surface area (Å²) >= 11 is 0. The molecule has 1 saturated heterocycles. The van der Waals surface area contributed by atoms with E-state index >= 15 is 0 Å². The molecular weight excluding hydrogens is 558 g/mol. The number of ether oxygens (including phenoxy) is 4. The Morgan fingerprint density at radius 2 is 1.75 bits per heavy atom. The molecule has 1 unspecified atom stereocenters. The van der Waals surface area contributed by atoms with Gasteiger partial charge >= 0.3 is 12.1 Å². The van der Waals surface area contributed by atoms with Crippen molar-refractivity contribution in [2.75, 3.05) is 27.9 Å². The van der Waals surface area contributed by atoms with Crippen molar-refractivity contribution < 1.29 is 28.5 Å². The molecule has 44 heavy (non-hydrogen) atoms. The summed E-state index contributed by atoms with van der Waals surface area (Å²) < 4.78 is 23.5. The Bertz CT molecular complexity index is 1650. The standard InChI is InChI=1S/C35H41N3O6/c1-22-19-30(41-5)27(26-16-18-38(32(22)26)34(40)44-35(2,3)4)21-37-17-15-25(28-9-8-10-31(36-28)42-6)20-29(37)23-11-13-24(14-12-23)33(39)43-7/h8-14,16,18-19,25,29H,15,17,20-21H2,1-7H3/t25?,29-/m0/s1. The summed E-state index contributed by atoms with van der Waals surface area (Å²) in [6.45, 7) is 8.97. The van der Waals surface area contributed by atoms with Crippen LogP contribution >= 0.6 is 0 Å². The van der Waals surface area contributed by atoms with E-state index in [1.807, 2.05) is 76.2 Å². The molecule has 5 rings (SSSR count). The predicted molar refractivity (Wildman–Crippen MR) is 169 cm³/mol. The quantitative estimate of drug-likeness (QED) is 0.209. The van der Waals surface area contributed by atoms with Gasteiger partial charge in [0.25, 0.3) is 0 Å². The van der Waals surface area contributed by atoms with Gasteiger partial charge in [0.15, 0.2) is 0 Å². The summed E-state index contributed by atoms with van der Waals surface area (Å²) in [7, 11) is 4.70. The number of carbonyl (C=O) groups is 2. The monoisotopic (exact) mass is 599 g/mol. The molecule has 4 aromatic rings. The second-order valence-electron chi connectivity index (χ2n) is 12.2. The third-order valence-corrected chi connectivity index (χ3v) is 8.20. The number of hydrogen-bond acceptors (Lipinski definition) is 8. The van der Waals surface area contributed by atoms with Gasteiger partial charge in [0.1, 0.15) is 11.4 Å². The average molecular weight is 600 g/mol. The van der Waals surface area contributed by atoms with Gasteiger partial charge in [-0.15, -0.1) is 0 Å². The summed E-state index contributed by atoms with van der Waals surface area (Å²) in [5, 5.41) is 0.948. The van der Waals surface area contributed by atoms with Crippen molar-refractivity contribution in [3.8, 4) is 11.6 Å². The average Bonchev–Trinajstić information content (AvgIpc) is 3.48. The molecule has 1 aliphatic heterocycles. The fraction of sp³-hybridized carbons (Fsp3) is 0.400. The third-order valence-electron chi connectivity index (χ3n) is 8.20. The Morgan fingerprint density at radius 1 is 1.00 bits per heavy atom. The van der Waals surface area contributed by atoms with Gasteiger partial charge in [-0.1, -0.05) is 18.2 Å². The molecule has 9 heteroatoms. The van der Waals surface area contributed by atoms with Crippen LogP contribution in [0, 0.1) is 6.92 Å². The van der Waals surface area contributed by atoms with Gasteiger partial charge in [-0.05, 0) is 88.5 Å². The molecule has 0 aliphatic carbocycles. The van der Waals surface area contributed by atoms with Gasteiger partial charge in [-0.25, -0.2) is 14.6 Å². The van der Waals surface area contributed by atoms with E-state index in [2.05, 4.69) is 11.0 Å². The number of fused-ring (bicyclic) bond motifs is 1. The SMILES string of the molecule is COC(=O)c1ccc([C@@H]2CC(c3cccc(OC)n3)CCN2Cc2c(OC)cc(C)c3c2ccn3C(=O)OC(C)(C)C)cc1. The first-order valence-corrected chi connectivity index (χ1v) is 14.9. The van der Waals surface area contributed by atoms with E-state index in [-0.39, 0.29) is 17.9 Å². The number of methoxy groups -OCH3 is 3. The zero-order valence-corrected chi connectivity index (χ0v) is 26.5. The lowest BCUT2D eigenvalue weighted by atomic mass is 9.84. The lowest BCUT2D eigenvalue weighted by Crippen LogP contribution is -2.36. The number of benzene rings is 2. The Kier molecular flexibility index (Phi) is 8.97. The molecule has 2 atom stereocenters. The first-order chi connectivity index (χ1) is 21.0. The number of carbonyl (C=O) groups excluding carboxylic acids is 2. The van der Waals surface area contributed by atoms with Crippen molar-refractivity contribution in [1.29, 1.82) is 0 Å². The number of aryl methyl sites for hydroxylation is 1. The van der Waals surface area contributed by atoms with Gasteiger partial charge in [0.2, 0.25) is 5.88 Å². The Labute approximate surface area is 258 Å². The maximum Gasteiger partial charge on any atom is 0.419 e. The lowest BCUT2D eigenvalue weighted by molar-refractivity contribution is 0.0542. The molecule has 9 nitrogen and oxygen atoms in total. The van der Waals surface area contributed by atoms with Gasteiger partial charge in [0, 0.05) is 47.4 Å². The Morgan fingerprint density at radius 3 is 2.41 bits per heavy atom. The van der Waals surface area contributed by atoms with Crippen LogP contribution in [0.5, 0.6) is 11.6 Å². The Hall–Kier alpha value is -4.37. The number of nitrogens with zero attached hydrogens (tertiary/aromatic N) is 3. The van der Waals surface area contributed by atoms with E-state index in [1.54, 1.807) is 25.0 Å². The van der Waals surface area contributed by atoms with Crippen LogP contribution in [-0.2, 0) is 16.0 Å². The number of esters is 1. The van der Waals surface area contributed by atoms with E-state index in [0.29, 0.717) is 18.0 Å². The van der Waals surface area contributed by atoms with Crippen LogP contribution in [0.1, 0.15) is 78.3 Å². The maximum atomic E-state index is 13.1. The molecule has 232 valence electrons. The van der Waals surface area contributed by atoms with Crippen LogP contribution in [0.15, 0.2) is 60.8 Å². The lowest BCUT2D eigenvalue weighted by Gasteiger charge is -2.40. The summed E-state index contributed by atoms with van der Waals surface area (Å²) in [5.41, 5.74) is 4.73. The molecule has 0 N–H and O–H groups in total. The van der Waals surface area contributed by atoms with E-state index in [9.17, 15) is 9.59 Å². The van der Waals surface area contributed by atoms with Crippen molar-refractivity contribution in [2.45, 2.75) is 64.6 Å². The maximum absolute atomic E-state index is 13.1. The van der Waals surface area contributed by atoms with Gasteiger partial charge in [0.05, 0.1) is 32.4 Å². The Balaban J connectivity index is 1.54. The highest BCUT2D eigenvalue weighted by molar-refractivity contribution is 5.95. The molecule has 0 spiro atoms. The normalized spacial score (nSPS) is 17.3. The fourth-order valence-corrected chi connectivity index (χ4v) is 6.12. The molecule has 0 bridgehead atoms. The molecular formula is C35H41N3O6. The molecule has 2 aromatic carbocycles. The zero-order valence-electron chi connectivity index (χ0n) is 26.5. The molecule has 0 saturated carbocycles. The van der Waals surface area contributed by atoms with Crippen LogP contribution in [0.2, 0.25) is 0 Å². The minimum atomic E-state index is -0.616. The van der Waals surface area contributed by atoms with Crippen LogP contribution in [0.3, 0.4) is 0 Å². The molecule has 1 aliphatic rings. The van der Waals surface area contributed by atoms with E-state index in [1.165, 1.54) is 7.11 Å². The second kappa shape index (κ2) is 12.7. The van der Waals surface area contributed by atoms with Crippen LogP contribution in [0.4, 0.5) is 4.79 Å². The van der Waals surface area contributed by atoms with E-state index in [0.717, 1.165) is 58.4 Å². The van der Waals surface area contributed by atoms with Crippen LogP contribution < -0.4 is 9.47 Å². The number of aromatic nitrogens is 2. The predicted octanol–water partition coefficient (Wildman–Crippen LogP) is 7.05. The zero-order chi connectivity index (χ0) is 31.6. The molecule has 1 fully saturated rings. The fourth-order valence-electron chi connectivity index (χ4n) is 6.12.